The molecular formula is C21H41NO3. The average Bonchev–Trinajstić information content (AvgIpc) is 2.59. The van der Waals surface area contributed by atoms with Gasteiger partial charge in [0, 0.05) is 20.0 Å². The van der Waals surface area contributed by atoms with Gasteiger partial charge in [0.05, 0.1) is 13.0 Å². The zero-order valence-electron chi connectivity index (χ0n) is 17.0. The topological polar surface area (TPSA) is 46.6 Å². The van der Waals surface area contributed by atoms with Crippen LogP contribution in [0.4, 0.5) is 0 Å². The monoisotopic (exact) mass is 355 g/mol. The van der Waals surface area contributed by atoms with Crippen molar-refractivity contribution in [3.8, 4) is 0 Å². The molecule has 0 radical (unpaired) electrons. The highest BCUT2D eigenvalue weighted by atomic mass is 16.5. The first-order chi connectivity index (χ1) is 12.1. The second-order valence-electron chi connectivity index (χ2n) is 7.01. The molecule has 0 aliphatic heterocycles. The van der Waals surface area contributed by atoms with Crippen LogP contribution in [-0.2, 0) is 14.3 Å². The van der Waals surface area contributed by atoms with Crippen molar-refractivity contribution in [2.75, 3.05) is 19.7 Å². The predicted molar refractivity (Wildman–Crippen MR) is 105 cm³/mol. The van der Waals surface area contributed by atoms with E-state index in [1.807, 2.05) is 0 Å². The molecule has 0 heterocycles. The molecule has 0 saturated carbocycles. The molecule has 0 aliphatic carbocycles. The molecule has 0 bridgehead atoms. The predicted octanol–water partition coefficient (Wildman–Crippen LogP) is 5.49. The van der Waals surface area contributed by atoms with Gasteiger partial charge in [-0.05, 0) is 12.8 Å². The van der Waals surface area contributed by atoms with Crippen molar-refractivity contribution in [1.82, 2.24) is 4.90 Å². The Labute approximate surface area is 155 Å². The van der Waals surface area contributed by atoms with Crippen molar-refractivity contribution in [1.29, 1.82) is 0 Å². The second-order valence-corrected chi connectivity index (χ2v) is 7.01. The molecule has 0 aromatic carbocycles. The third kappa shape index (κ3) is 16.2. The van der Waals surface area contributed by atoms with Crippen LogP contribution < -0.4 is 0 Å². The molecule has 4 heteroatoms. The van der Waals surface area contributed by atoms with E-state index in [1.54, 1.807) is 11.8 Å². The number of carbonyl (C=O) groups is 2. The molecular weight excluding hydrogens is 314 g/mol. The molecule has 0 aliphatic rings. The van der Waals surface area contributed by atoms with Crippen molar-refractivity contribution in [2.45, 2.75) is 104 Å². The first-order valence-corrected chi connectivity index (χ1v) is 10.5. The Morgan fingerprint density at radius 1 is 0.720 bits per heavy atom. The number of unbranched alkanes of at least 4 members (excludes halogenated alkanes) is 10. The summed E-state index contributed by atoms with van der Waals surface area (Å²) in [6.07, 6.45) is 15.1. The van der Waals surface area contributed by atoms with Gasteiger partial charge >= 0.3 is 5.97 Å². The summed E-state index contributed by atoms with van der Waals surface area (Å²) in [7, 11) is 0. The lowest BCUT2D eigenvalue weighted by Crippen LogP contribution is -2.32. The van der Waals surface area contributed by atoms with Crippen LogP contribution in [-0.4, -0.2) is 36.5 Å². The number of esters is 1. The fraction of sp³-hybridized carbons (Fsp3) is 0.905. The van der Waals surface area contributed by atoms with Gasteiger partial charge in [-0.15, -0.1) is 0 Å². The molecule has 0 spiro atoms. The van der Waals surface area contributed by atoms with E-state index < -0.39 is 0 Å². The highest BCUT2D eigenvalue weighted by Gasteiger charge is 2.11. The SMILES string of the molecule is CCCCCCCCCCCCN(CCC(=O)OCCCC)C(C)=O. The van der Waals surface area contributed by atoms with E-state index in [1.165, 1.54) is 57.8 Å². The van der Waals surface area contributed by atoms with Crippen LogP contribution in [0.15, 0.2) is 0 Å². The van der Waals surface area contributed by atoms with E-state index in [2.05, 4.69) is 13.8 Å². The van der Waals surface area contributed by atoms with Crippen LogP contribution in [0, 0.1) is 0 Å². The third-order valence-electron chi connectivity index (χ3n) is 4.57. The second kappa shape index (κ2) is 17.8. The Morgan fingerprint density at radius 3 is 1.76 bits per heavy atom. The van der Waals surface area contributed by atoms with Gasteiger partial charge < -0.3 is 9.64 Å². The van der Waals surface area contributed by atoms with E-state index >= 15 is 0 Å². The average molecular weight is 356 g/mol. The minimum Gasteiger partial charge on any atom is -0.466 e. The number of amides is 1. The maximum absolute atomic E-state index is 11.7. The summed E-state index contributed by atoms with van der Waals surface area (Å²) in [5.41, 5.74) is 0. The number of hydrogen-bond acceptors (Lipinski definition) is 3. The van der Waals surface area contributed by atoms with Gasteiger partial charge in [-0.2, -0.15) is 0 Å². The van der Waals surface area contributed by atoms with Crippen LogP contribution in [0.3, 0.4) is 0 Å². The first-order valence-electron chi connectivity index (χ1n) is 10.5. The van der Waals surface area contributed by atoms with Gasteiger partial charge in [0.25, 0.3) is 0 Å². The van der Waals surface area contributed by atoms with Crippen LogP contribution in [0.1, 0.15) is 104 Å². The molecule has 25 heavy (non-hydrogen) atoms. The Balaban J connectivity index is 3.63. The van der Waals surface area contributed by atoms with Crippen LogP contribution >= 0.6 is 0 Å². The highest BCUT2D eigenvalue weighted by Crippen LogP contribution is 2.11. The number of nitrogens with zero attached hydrogens (tertiary/aromatic N) is 1. The molecule has 0 aromatic rings. The van der Waals surface area contributed by atoms with E-state index in [-0.39, 0.29) is 11.9 Å². The van der Waals surface area contributed by atoms with Gasteiger partial charge in [-0.1, -0.05) is 78.1 Å². The standard InChI is InChI=1S/C21H41NO3/c1-4-6-8-9-10-11-12-13-14-15-17-22(20(3)23)18-16-21(24)25-19-7-5-2/h4-19H2,1-3H3. The van der Waals surface area contributed by atoms with Crippen LogP contribution in [0.25, 0.3) is 0 Å². The summed E-state index contributed by atoms with van der Waals surface area (Å²) in [5, 5.41) is 0. The molecule has 0 rings (SSSR count). The number of rotatable bonds is 17. The van der Waals surface area contributed by atoms with E-state index in [4.69, 9.17) is 4.74 Å². The molecule has 0 aromatic heterocycles. The molecule has 148 valence electrons. The fourth-order valence-electron chi connectivity index (χ4n) is 2.85. The Bertz CT molecular complexity index is 331. The van der Waals surface area contributed by atoms with Crippen molar-refractivity contribution in [2.24, 2.45) is 0 Å². The normalized spacial score (nSPS) is 10.7. The summed E-state index contributed by atoms with van der Waals surface area (Å²) in [6, 6.07) is 0. The lowest BCUT2D eigenvalue weighted by Gasteiger charge is -2.20. The maximum atomic E-state index is 11.7. The van der Waals surface area contributed by atoms with Gasteiger partial charge in [0.1, 0.15) is 0 Å². The summed E-state index contributed by atoms with van der Waals surface area (Å²) >= 11 is 0. The Kier molecular flexibility index (Phi) is 17.0. The van der Waals surface area contributed by atoms with E-state index in [0.29, 0.717) is 19.6 Å². The number of ether oxygens (including phenoxy) is 1. The number of carbonyl (C=O) groups excluding carboxylic acids is 2. The van der Waals surface area contributed by atoms with Gasteiger partial charge in [0.2, 0.25) is 5.91 Å². The molecule has 0 N–H and O–H groups in total. The van der Waals surface area contributed by atoms with Gasteiger partial charge in [0.15, 0.2) is 0 Å². The number of hydrogen-bond donors (Lipinski definition) is 0. The third-order valence-corrected chi connectivity index (χ3v) is 4.57. The molecule has 0 atom stereocenters. The first kappa shape index (κ1) is 23.9. The maximum Gasteiger partial charge on any atom is 0.307 e. The van der Waals surface area contributed by atoms with E-state index in [9.17, 15) is 9.59 Å². The Hall–Kier alpha value is -1.06. The summed E-state index contributed by atoms with van der Waals surface area (Å²) in [6.45, 7) is 7.63. The largest absolute Gasteiger partial charge is 0.466 e. The minimum absolute atomic E-state index is 0.0530. The van der Waals surface area contributed by atoms with E-state index in [0.717, 1.165) is 25.8 Å². The Morgan fingerprint density at radius 2 is 1.24 bits per heavy atom. The van der Waals surface area contributed by atoms with Crippen LogP contribution in [0.5, 0.6) is 0 Å². The molecule has 0 fully saturated rings. The fourth-order valence-corrected chi connectivity index (χ4v) is 2.85. The van der Waals surface area contributed by atoms with Crippen molar-refractivity contribution >= 4 is 11.9 Å². The molecule has 4 nitrogen and oxygen atoms in total. The summed E-state index contributed by atoms with van der Waals surface area (Å²) in [4.78, 5) is 25.1. The lowest BCUT2D eigenvalue weighted by molar-refractivity contribution is -0.144. The molecule has 1 amide bonds. The molecule has 0 saturated heterocycles. The smallest absolute Gasteiger partial charge is 0.307 e. The minimum atomic E-state index is -0.192. The van der Waals surface area contributed by atoms with Crippen LogP contribution in [0.2, 0.25) is 0 Å². The lowest BCUT2D eigenvalue weighted by atomic mass is 10.1. The van der Waals surface area contributed by atoms with Gasteiger partial charge in [-0.25, -0.2) is 0 Å². The van der Waals surface area contributed by atoms with Gasteiger partial charge in [-0.3, -0.25) is 9.59 Å². The summed E-state index contributed by atoms with van der Waals surface area (Å²) < 4.78 is 5.14. The molecule has 0 unspecified atom stereocenters. The highest BCUT2D eigenvalue weighted by molar-refractivity contribution is 5.74. The zero-order chi connectivity index (χ0) is 18.8. The van der Waals surface area contributed by atoms with Crippen molar-refractivity contribution in [3.63, 3.8) is 0 Å². The van der Waals surface area contributed by atoms with Crippen molar-refractivity contribution in [3.05, 3.63) is 0 Å². The summed E-state index contributed by atoms with van der Waals surface area (Å²) in [5.74, 6) is -0.139. The zero-order valence-corrected chi connectivity index (χ0v) is 17.0. The quantitative estimate of drug-likeness (QED) is 0.256. The van der Waals surface area contributed by atoms with Crippen molar-refractivity contribution < 1.29 is 14.3 Å².